The van der Waals surface area contributed by atoms with Crippen molar-refractivity contribution in [2.75, 3.05) is 7.11 Å². The molecule has 3 rings (SSSR count). The van der Waals surface area contributed by atoms with Crippen molar-refractivity contribution in [3.05, 3.63) is 64.7 Å². The number of benzene rings is 2. The van der Waals surface area contributed by atoms with Crippen molar-refractivity contribution in [2.45, 2.75) is 25.8 Å². The van der Waals surface area contributed by atoms with E-state index in [1.54, 1.807) is 31.4 Å². The van der Waals surface area contributed by atoms with Crippen molar-refractivity contribution < 1.29 is 19.4 Å². The van der Waals surface area contributed by atoms with Gasteiger partial charge in [0.1, 0.15) is 11.8 Å². The summed E-state index contributed by atoms with van der Waals surface area (Å²) in [6.45, 7) is 1.69. The van der Waals surface area contributed by atoms with Crippen molar-refractivity contribution in [3.63, 3.8) is 0 Å². The maximum atomic E-state index is 11.6. The molecule has 0 aromatic heterocycles. The minimum atomic E-state index is -0.915. The van der Waals surface area contributed by atoms with Crippen LogP contribution in [0.25, 0.3) is 0 Å². The van der Waals surface area contributed by atoms with Crippen LogP contribution in [0.2, 0.25) is 0 Å². The normalized spacial score (nSPS) is 14.3. The molecule has 1 atom stereocenters. The highest BCUT2D eigenvalue weighted by Gasteiger charge is 2.21. The minimum Gasteiger partial charge on any atom is -0.497 e. The molecule has 0 saturated heterocycles. The summed E-state index contributed by atoms with van der Waals surface area (Å²) < 4.78 is 10.6. The first-order valence-electron chi connectivity index (χ1n) is 7.46. The zero-order valence-electron chi connectivity index (χ0n) is 12.9. The van der Waals surface area contributed by atoms with Gasteiger partial charge in [0.05, 0.1) is 20.3 Å². The molecular weight excluding hydrogens is 294 g/mol. The molecule has 1 heterocycles. The number of methoxy groups -OCH3 is 1. The molecule has 0 amide bonds. The fourth-order valence-corrected chi connectivity index (χ4v) is 2.82. The first kappa shape index (κ1) is 15.5. The van der Waals surface area contributed by atoms with Crippen molar-refractivity contribution in [3.8, 4) is 5.75 Å². The SMILES string of the molecule is COc1cccc(C(NCc2cccc3c2COC3)C(=O)O)c1. The molecule has 0 radical (unpaired) electrons. The van der Waals surface area contributed by atoms with E-state index in [4.69, 9.17) is 9.47 Å². The molecule has 0 aliphatic carbocycles. The van der Waals surface area contributed by atoms with Crippen LogP contribution in [-0.4, -0.2) is 18.2 Å². The third kappa shape index (κ3) is 3.36. The number of carboxylic acids is 1. The third-order valence-electron chi connectivity index (χ3n) is 4.04. The second-order valence-corrected chi connectivity index (χ2v) is 5.48. The van der Waals surface area contributed by atoms with Crippen molar-refractivity contribution in [2.24, 2.45) is 0 Å². The van der Waals surface area contributed by atoms with Crippen molar-refractivity contribution in [1.82, 2.24) is 5.32 Å². The van der Waals surface area contributed by atoms with E-state index in [9.17, 15) is 9.90 Å². The van der Waals surface area contributed by atoms with Crippen LogP contribution in [0.5, 0.6) is 5.75 Å². The fourth-order valence-electron chi connectivity index (χ4n) is 2.82. The molecule has 0 saturated carbocycles. The molecule has 1 aliphatic rings. The number of nitrogens with one attached hydrogen (secondary N) is 1. The van der Waals surface area contributed by atoms with Crippen LogP contribution in [0.1, 0.15) is 28.3 Å². The first-order chi connectivity index (χ1) is 11.2. The Morgan fingerprint density at radius 3 is 2.91 bits per heavy atom. The zero-order chi connectivity index (χ0) is 16.2. The topological polar surface area (TPSA) is 67.8 Å². The largest absolute Gasteiger partial charge is 0.497 e. The van der Waals surface area contributed by atoms with Crippen LogP contribution >= 0.6 is 0 Å². The van der Waals surface area contributed by atoms with Gasteiger partial charge in [0, 0.05) is 6.54 Å². The van der Waals surface area contributed by atoms with Gasteiger partial charge >= 0.3 is 5.97 Å². The number of aliphatic carboxylic acids is 1. The predicted molar refractivity (Wildman–Crippen MR) is 85.1 cm³/mol. The lowest BCUT2D eigenvalue weighted by Gasteiger charge is -2.17. The smallest absolute Gasteiger partial charge is 0.325 e. The van der Waals surface area contributed by atoms with Crippen LogP contribution in [0.3, 0.4) is 0 Å². The molecule has 0 bridgehead atoms. The number of hydrogen-bond donors (Lipinski definition) is 2. The van der Waals surface area contributed by atoms with Gasteiger partial charge in [0.2, 0.25) is 0 Å². The number of fused-ring (bicyclic) bond motifs is 1. The van der Waals surface area contributed by atoms with Gasteiger partial charge in [0.15, 0.2) is 0 Å². The van der Waals surface area contributed by atoms with Crippen LogP contribution < -0.4 is 10.1 Å². The molecule has 5 heteroatoms. The highest BCUT2D eigenvalue weighted by molar-refractivity contribution is 5.75. The van der Waals surface area contributed by atoms with Gasteiger partial charge in [-0.05, 0) is 34.4 Å². The summed E-state index contributed by atoms with van der Waals surface area (Å²) in [6.07, 6.45) is 0. The number of carbonyl (C=O) groups is 1. The van der Waals surface area contributed by atoms with Gasteiger partial charge in [-0.15, -0.1) is 0 Å². The van der Waals surface area contributed by atoms with Crippen LogP contribution in [-0.2, 0) is 29.3 Å². The molecule has 2 aromatic carbocycles. The van der Waals surface area contributed by atoms with Crippen LogP contribution in [0.4, 0.5) is 0 Å². The second kappa shape index (κ2) is 6.81. The Morgan fingerprint density at radius 1 is 1.30 bits per heavy atom. The summed E-state index contributed by atoms with van der Waals surface area (Å²) in [7, 11) is 1.57. The molecule has 120 valence electrons. The van der Waals surface area contributed by atoms with E-state index < -0.39 is 12.0 Å². The minimum absolute atomic E-state index is 0.473. The van der Waals surface area contributed by atoms with Gasteiger partial charge in [-0.3, -0.25) is 10.1 Å². The highest BCUT2D eigenvalue weighted by Crippen LogP contribution is 2.25. The molecular formula is C18H19NO4. The lowest BCUT2D eigenvalue weighted by atomic mass is 10.0. The average molecular weight is 313 g/mol. The zero-order valence-corrected chi connectivity index (χ0v) is 12.9. The molecule has 23 heavy (non-hydrogen) atoms. The average Bonchev–Trinajstić information content (AvgIpc) is 3.04. The molecule has 0 fully saturated rings. The number of carboxylic acid groups (broad SMARTS) is 1. The standard InChI is InChI=1S/C18H19NO4/c1-22-15-7-3-4-12(8-15)17(18(20)21)19-9-13-5-2-6-14-10-23-11-16(13)14/h2-8,17,19H,9-11H2,1H3,(H,20,21). The van der Waals surface area contributed by atoms with E-state index in [0.717, 1.165) is 11.1 Å². The summed E-state index contributed by atoms with van der Waals surface area (Å²) in [5.74, 6) is -0.272. The number of hydrogen-bond acceptors (Lipinski definition) is 4. The van der Waals surface area contributed by atoms with Gasteiger partial charge in [-0.2, -0.15) is 0 Å². The lowest BCUT2D eigenvalue weighted by molar-refractivity contribution is -0.139. The predicted octanol–water partition coefficient (Wildman–Crippen LogP) is 2.64. The fraction of sp³-hybridized carbons (Fsp3) is 0.278. The van der Waals surface area contributed by atoms with Gasteiger partial charge in [-0.1, -0.05) is 30.3 Å². The Hall–Kier alpha value is -2.37. The Labute approximate surface area is 134 Å². The van der Waals surface area contributed by atoms with E-state index in [1.165, 1.54) is 5.56 Å². The summed E-state index contributed by atoms with van der Waals surface area (Å²) in [5.41, 5.74) is 4.09. The molecule has 2 N–H and O–H groups in total. The van der Waals surface area contributed by atoms with E-state index in [-0.39, 0.29) is 0 Å². The van der Waals surface area contributed by atoms with E-state index in [0.29, 0.717) is 31.1 Å². The Kier molecular flexibility index (Phi) is 4.60. The molecule has 2 aromatic rings. The Morgan fingerprint density at radius 2 is 2.13 bits per heavy atom. The van der Waals surface area contributed by atoms with Crippen molar-refractivity contribution >= 4 is 5.97 Å². The third-order valence-corrected chi connectivity index (χ3v) is 4.04. The van der Waals surface area contributed by atoms with Crippen molar-refractivity contribution in [1.29, 1.82) is 0 Å². The summed E-state index contributed by atoms with van der Waals surface area (Å²) in [4.78, 5) is 11.6. The van der Waals surface area contributed by atoms with Crippen LogP contribution in [0.15, 0.2) is 42.5 Å². The Bertz CT molecular complexity index is 714. The van der Waals surface area contributed by atoms with Gasteiger partial charge < -0.3 is 14.6 Å². The maximum absolute atomic E-state index is 11.6. The Balaban J connectivity index is 1.78. The summed E-state index contributed by atoms with van der Waals surface area (Å²) in [6, 6.07) is 12.4. The summed E-state index contributed by atoms with van der Waals surface area (Å²) >= 11 is 0. The number of rotatable bonds is 6. The molecule has 1 aliphatic heterocycles. The van der Waals surface area contributed by atoms with E-state index >= 15 is 0 Å². The molecule has 0 spiro atoms. The molecule has 5 nitrogen and oxygen atoms in total. The number of ether oxygens (including phenoxy) is 2. The quantitative estimate of drug-likeness (QED) is 0.858. The summed E-state index contributed by atoms with van der Waals surface area (Å²) in [5, 5.41) is 12.7. The highest BCUT2D eigenvalue weighted by atomic mass is 16.5. The van der Waals surface area contributed by atoms with Crippen LogP contribution in [0, 0.1) is 0 Å². The lowest BCUT2D eigenvalue weighted by Crippen LogP contribution is -2.28. The van der Waals surface area contributed by atoms with Gasteiger partial charge in [0.25, 0.3) is 0 Å². The first-order valence-corrected chi connectivity index (χ1v) is 7.46. The monoisotopic (exact) mass is 313 g/mol. The second-order valence-electron chi connectivity index (χ2n) is 5.48. The maximum Gasteiger partial charge on any atom is 0.325 e. The van der Waals surface area contributed by atoms with E-state index in [1.807, 2.05) is 18.2 Å². The van der Waals surface area contributed by atoms with Gasteiger partial charge in [-0.25, -0.2) is 0 Å². The molecule has 1 unspecified atom stereocenters. The van der Waals surface area contributed by atoms with E-state index in [2.05, 4.69) is 5.32 Å².